The molecular formula is C16H15BrN2O. The molecule has 1 atom stereocenters. The third-order valence-corrected chi connectivity index (χ3v) is 4.13. The summed E-state index contributed by atoms with van der Waals surface area (Å²) in [4.78, 5) is 12.3. The van der Waals surface area contributed by atoms with E-state index < -0.39 is 0 Å². The Hall–Kier alpha value is -1.81. The number of para-hydroxylation sites is 1. The van der Waals surface area contributed by atoms with Crippen LogP contribution in [0.1, 0.15) is 11.1 Å². The maximum absolute atomic E-state index is 12.3. The second-order valence-corrected chi connectivity index (χ2v) is 5.89. The van der Waals surface area contributed by atoms with E-state index in [1.54, 1.807) is 0 Å². The molecule has 0 spiro atoms. The molecule has 0 bridgehead atoms. The predicted molar refractivity (Wildman–Crippen MR) is 85.1 cm³/mol. The van der Waals surface area contributed by atoms with Gasteiger partial charge in [-0.1, -0.05) is 24.3 Å². The molecule has 0 fully saturated rings. The van der Waals surface area contributed by atoms with Crippen molar-refractivity contribution < 1.29 is 4.79 Å². The van der Waals surface area contributed by atoms with Gasteiger partial charge in [-0.3, -0.25) is 4.79 Å². The Balaban J connectivity index is 1.72. The van der Waals surface area contributed by atoms with Gasteiger partial charge in [0.15, 0.2) is 0 Å². The summed E-state index contributed by atoms with van der Waals surface area (Å²) >= 11 is 3.48. The third kappa shape index (κ3) is 2.56. The second kappa shape index (κ2) is 5.29. The van der Waals surface area contributed by atoms with E-state index in [-0.39, 0.29) is 11.9 Å². The van der Waals surface area contributed by atoms with Crippen LogP contribution >= 0.6 is 15.9 Å². The van der Waals surface area contributed by atoms with E-state index in [2.05, 4.69) is 32.6 Å². The van der Waals surface area contributed by atoms with Gasteiger partial charge in [-0.25, -0.2) is 0 Å². The Morgan fingerprint density at radius 1 is 1.30 bits per heavy atom. The number of fused-ring (bicyclic) bond motifs is 1. The zero-order chi connectivity index (χ0) is 14.1. The molecule has 0 aromatic heterocycles. The summed E-state index contributed by atoms with van der Waals surface area (Å²) in [5, 5.41) is 6.22. The standard InChI is InChI=1S/C16H15BrN2O/c1-10-6-7-14(12(17)8-10)19-16(20)15-9-11-4-2-3-5-13(11)18-15/h2-8,15,18H,9H2,1H3,(H,19,20)/t15-/m0/s1. The first kappa shape index (κ1) is 13.2. The van der Waals surface area contributed by atoms with E-state index in [1.807, 2.05) is 43.3 Å². The minimum absolute atomic E-state index is 0.00856. The number of aryl methyl sites for hydroxylation is 1. The van der Waals surface area contributed by atoms with Crippen LogP contribution < -0.4 is 10.6 Å². The van der Waals surface area contributed by atoms with Gasteiger partial charge in [0.25, 0.3) is 0 Å². The Morgan fingerprint density at radius 2 is 2.10 bits per heavy atom. The molecule has 3 rings (SSSR count). The fourth-order valence-corrected chi connectivity index (χ4v) is 2.99. The van der Waals surface area contributed by atoms with Gasteiger partial charge >= 0.3 is 0 Å². The van der Waals surface area contributed by atoms with Crippen LogP contribution in [-0.4, -0.2) is 11.9 Å². The van der Waals surface area contributed by atoms with Crippen molar-refractivity contribution in [3.05, 3.63) is 58.1 Å². The summed E-state index contributed by atoms with van der Waals surface area (Å²) in [6.07, 6.45) is 0.728. The molecule has 3 nitrogen and oxygen atoms in total. The molecule has 20 heavy (non-hydrogen) atoms. The summed E-state index contributed by atoms with van der Waals surface area (Å²) in [6, 6.07) is 13.7. The average molecular weight is 331 g/mol. The molecule has 4 heteroatoms. The summed E-state index contributed by atoms with van der Waals surface area (Å²) < 4.78 is 0.904. The van der Waals surface area contributed by atoms with Crippen LogP contribution in [0.2, 0.25) is 0 Å². The summed E-state index contributed by atoms with van der Waals surface area (Å²) in [5.74, 6) is -0.00856. The fourth-order valence-electron chi connectivity index (χ4n) is 2.40. The number of halogens is 1. The van der Waals surface area contributed by atoms with Crippen LogP contribution in [0.4, 0.5) is 11.4 Å². The van der Waals surface area contributed by atoms with E-state index >= 15 is 0 Å². The SMILES string of the molecule is Cc1ccc(NC(=O)[C@@H]2Cc3ccccc3N2)c(Br)c1. The van der Waals surface area contributed by atoms with Gasteiger partial charge < -0.3 is 10.6 Å². The number of nitrogens with one attached hydrogen (secondary N) is 2. The van der Waals surface area contributed by atoms with Crippen LogP contribution in [0.5, 0.6) is 0 Å². The lowest BCUT2D eigenvalue weighted by Gasteiger charge is -2.13. The molecule has 1 heterocycles. The highest BCUT2D eigenvalue weighted by Gasteiger charge is 2.26. The zero-order valence-corrected chi connectivity index (χ0v) is 12.7. The van der Waals surface area contributed by atoms with Gasteiger partial charge in [-0.15, -0.1) is 0 Å². The van der Waals surface area contributed by atoms with Crippen molar-refractivity contribution in [2.75, 3.05) is 10.6 Å². The maximum Gasteiger partial charge on any atom is 0.247 e. The first-order valence-electron chi connectivity index (χ1n) is 6.55. The van der Waals surface area contributed by atoms with E-state index in [0.717, 1.165) is 27.8 Å². The van der Waals surface area contributed by atoms with E-state index in [0.29, 0.717) is 0 Å². The molecule has 0 radical (unpaired) electrons. The van der Waals surface area contributed by atoms with Gasteiger partial charge in [0, 0.05) is 16.6 Å². The topological polar surface area (TPSA) is 41.1 Å². The Bertz CT molecular complexity index is 644. The number of rotatable bonds is 2. The molecule has 0 saturated heterocycles. The number of benzene rings is 2. The first-order chi connectivity index (χ1) is 9.63. The highest BCUT2D eigenvalue weighted by atomic mass is 79.9. The minimum Gasteiger partial charge on any atom is -0.373 e. The molecule has 2 aromatic rings. The minimum atomic E-state index is -0.208. The Kier molecular flexibility index (Phi) is 3.49. The maximum atomic E-state index is 12.3. The quantitative estimate of drug-likeness (QED) is 0.880. The van der Waals surface area contributed by atoms with Gasteiger partial charge in [-0.2, -0.15) is 0 Å². The smallest absolute Gasteiger partial charge is 0.247 e. The number of hydrogen-bond donors (Lipinski definition) is 2. The monoisotopic (exact) mass is 330 g/mol. The Morgan fingerprint density at radius 3 is 2.85 bits per heavy atom. The molecule has 1 aliphatic rings. The summed E-state index contributed by atoms with van der Waals surface area (Å²) in [5.41, 5.74) is 4.20. The zero-order valence-electron chi connectivity index (χ0n) is 11.1. The third-order valence-electron chi connectivity index (χ3n) is 3.47. The largest absolute Gasteiger partial charge is 0.373 e. The van der Waals surface area contributed by atoms with Gasteiger partial charge in [-0.05, 0) is 52.2 Å². The van der Waals surface area contributed by atoms with Crippen LogP contribution in [0.25, 0.3) is 0 Å². The highest BCUT2D eigenvalue weighted by molar-refractivity contribution is 9.10. The van der Waals surface area contributed by atoms with Gasteiger partial charge in [0.1, 0.15) is 6.04 Å². The summed E-state index contributed by atoms with van der Waals surface area (Å²) in [6.45, 7) is 2.02. The van der Waals surface area contributed by atoms with E-state index in [1.165, 1.54) is 5.56 Å². The lowest BCUT2D eigenvalue weighted by atomic mass is 10.1. The van der Waals surface area contributed by atoms with Crippen molar-refractivity contribution in [1.29, 1.82) is 0 Å². The average Bonchev–Trinajstić information content (AvgIpc) is 2.86. The Labute approximate surface area is 126 Å². The van der Waals surface area contributed by atoms with E-state index in [4.69, 9.17) is 0 Å². The molecule has 0 unspecified atom stereocenters. The van der Waals surface area contributed by atoms with Crippen LogP contribution in [-0.2, 0) is 11.2 Å². The van der Waals surface area contributed by atoms with Crippen molar-refractivity contribution in [2.45, 2.75) is 19.4 Å². The molecule has 2 N–H and O–H groups in total. The molecule has 2 aromatic carbocycles. The number of hydrogen-bond acceptors (Lipinski definition) is 2. The molecular weight excluding hydrogens is 316 g/mol. The van der Waals surface area contributed by atoms with Gasteiger partial charge in [0.2, 0.25) is 5.91 Å². The lowest BCUT2D eigenvalue weighted by Crippen LogP contribution is -2.32. The first-order valence-corrected chi connectivity index (χ1v) is 7.34. The molecule has 102 valence electrons. The highest BCUT2D eigenvalue weighted by Crippen LogP contribution is 2.27. The van der Waals surface area contributed by atoms with Crippen LogP contribution in [0, 0.1) is 6.92 Å². The molecule has 0 saturated carbocycles. The number of carbonyl (C=O) groups is 1. The number of amides is 1. The van der Waals surface area contributed by atoms with Crippen molar-refractivity contribution in [3.63, 3.8) is 0 Å². The van der Waals surface area contributed by atoms with Crippen LogP contribution in [0.3, 0.4) is 0 Å². The summed E-state index contributed by atoms with van der Waals surface area (Å²) in [7, 11) is 0. The van der Waals surface area contributed by atoms with Crippen molar-refractivity contribution in [3.8, 4) is 0 Å². The predicted octanol–water partition coefficient (Wildman–Crippen LogP) is 3.73. The molecule has 1 amide bonds. The molecule has 0 aliphatic carbocycles. The van der Waals surface area contributed by atoms with Crippen molar-refractivity contribution >= 4 is 33.2 Å². The van der Waals surface area contributed by atoms with Gasteiger partial charge in [0.05, 0.1) is 5.69 Å². The van der Waals surface area contributed by atoms with E-state index in [9.17, 15) is 4.79 Å². The normalized spacial score (nSPS) is 16.4. The number of carbonyl (C=O) groups excluding carboxylic acids is 1. The second-order valence-electron chi connectivity index (χ2n) is 5.03. The molecule has 1 aliphatic heterocycles. The number of anilines is 2. The van der Waals surface area contributed by atoms with Crippen molar-refractivity contribution in [2.24, 2.45) is 0 Å². The van der Waals surface area contributed by atoms with Crippen molar-refractivity contribution in [1.82, 2.24) is 0 Å². The lowest BCUT2D eigenvalue weighted by molar-refractivity contribution is -0.116. The fraction of sp³-hybridized carbons (Fsp3) is 0.188. The van der Waals surface area contributed by atoms with Crippen LogP contribution in [0.15, 0.2) is 46.9 Å².